The SMILES string of the molecule is O=C(Cc1csc(NC(=O)c2ccccc2F)n1)NCCc1cc(Cl)cc(Cl)c1. The van der Waals surface area contributed by atoms with E-state index < -0.39 is 11.7 Å². The summed E-state index contributed by atoms with van der Waals surface area (Å²) in [6, 6.07) is 10.9. The van der Waals surface area contributed by atoms with Gasteiger partial charge in [-0.05, 0) is 42.3 Å². The van der Waals surface area contributed by atoms with Gasteiger partial charge < -0.3 is 5.32 Å². The Morgan fingerprint density at radius 3 is 2.55 bits per heavy atom. The van der Waals surface area contributed by atoms with E-state index in [1.807, 2.05) is 0 Å². The average Bonchev–Trinajstić information content (AvgIpc) is 3.07. The lowest BCUT2D eigenvalue weighted by atomic mass is 10.1. The first-order valence-corrected chi connectivity index (χ1v) is 10.3. The summed E-state index contributed by atoms with van der Waals surface area (Å²) in [5, 5.41) is 8.41. The number of thiazole rings is 1. The fourth-order valence-corrected chi connectivity index (χ4v) is 3.86. The van der Waals surface area contributed by atoms with Crippen LogP contribution in [0.4, 0.5) is 9.52 Å². The van der Waals surface area contributed by atoms with Crippen molar-refractivity contribution >= 4 is 51.5 Å². The first-order chi connectivity index (χ1) is 13.9. The van der Waals surface area contributed by atoms with Crippen molar-refractivity contribution in [3.05, 3.63) is 80.5 Å². The van der Waals surface area contributed by atoms with Gasteiger partial charge in [-0.3, -0.25) is 14.9 Å². The Hall–Kier alpha value is -2.48. The van der Waals surface area contributed by atoms with Gasteiger partial charge in [-0.15, -0.1) is 11.3 Å². The maximum absolute atomic E-state index is 13.7. The number of halogens is 3. The third-order valence-electron chi connectivity index (χ3n) is 3.89. The lowest BCUT2D eigenvalue weighted by Crippen LogP contribution is -2.27. The van der Waals surface area contributed by atoms with Crippen LogP contribution in [-0.2, 0) is 17.6 Å². The molecule has 0 aliphatic rings. The molecule has 2 aromatic carbocycles. The average molecular weight is 452 g/mol. The van der Waals surface area contributed by atoms with Gasteiger partial charge in [0.1, 0.15) is 5.82 Å². The van der Waals surface area contributed by atoms with Crippen molar-refractivity contribution in [2.75, 3.05) is 11.9 Å². The van der Waals surface area contributed by atoms with E-state index in [1.165, 1.54) is 29.5 Å². The zero-order valence-electron chi connectivity index (χ0n) is 15.0. The molecule has 0 saturated carbocycles. The highest BCUT2D eigenvalue weighted by Gasteiger charge is 2.14. The van der Waals surface area contributed by atoms with Gasteiger partial charge in [0.2, 0.25) is 5.91 Å². The number of hydrogen-bond acceptors (Lipinski definition) is 4. The molecular formula is C20H16Cl2FN3O2S. The predicted octanol–water partition coefficient (Wildman–Crippen LogP) is 4.74. The summed E-state index contributed by atoms with van der Waals surface area (Å²) in [6.45, 7) is 0.427. The molecule has 3 aromatic rings. The summed E-state index contributed by atoms with van der Waals surface area (Å²) in [5.74, 6) is -1.40. The molecule has 0 aliphatic carbocycles. The number of amides is 2. The summed E-state index contributed by atoms with van der Waals surface area (Å²) in [5.41, 5.74) is 1.37. The predicted molar refractivity (Wildman–Crippen MR) is 113 cm³/mol. The number of nitrogens with one attached hydrogen (secondary N) is 2. The third-order valence-corrected chi connectivity index (χ3v) is 5.13. The van der Waals surface area contributed by atoms with Crippen molar-refractivity contribution in [3.8, 4) is 0 Å². The molecule has 9 heteroatoms. The van der Waals surface area contributed by atoms with Gasteiger partial charge in [-0.2, -0.15) is 0 Å². The number of rotatable bonds is 7. The molecule has 2 N–H and O–H groups in total. The van der Waals surface area contributed by atoms with E-state index in [-0.39, 0.29) is 17.9 Å². The van der Waals surface area contributed by atoms with Crippen LogP contribution in [0, 0.1) is 5.82 Å². The second-order valence-corrected chi connectivity index (χ2v) is 7.86. The van der Waals surface area contributed by atoms with E-state index in [2.05, 4.69) is 15.6 Å². The van der Waals surface area contributed by atoms with E-state index in [9.17, 15) is 14.0 Å². The lowest BCUT2D eigenvalue weighted by Gasteiger charge is -2.05. The van der Waals surface area contributed by atoms with E-state index in [1.54, 1.807) is 29.6 Å². The van der Waals surface area contributed by atoms with Crippen LogP contribution in [0.2, 0.25) is 10.0 Å². The topological polar surface area (TPSA) is 71.1 Å². The third kappa shape index (κ3) is 6.25. The van der Waals surface area contributed by atoms with Gasteiger partial charge >= 0.3 is 0 Å². The molecule has 0 aliphatic heterocycles. The molecule has 1 aromatic heterocycles. The molecule has 0 unspecified atom stereocenters. The monoisotopic (exact) mass is 451 g/mol. The molecular weight excluding hydrogens is 436 g/mol. The normalized spacial score (nSPS) is 10.6. The Balaban J connectivity index is 1.48. The number of anilines is 1. The van der Waals surface area contributed by atoms with Crippen LogP contribution in [-0.4, -0.2) is 23.3 Å². The van der Waals surface area contributed by atoms with Crippen molar-refractivity contribution in [1.82, 2.24) is 10.3 Å². The van der Waals surface area contributed by atoms with Crippen molar-refractivity contribution in [2.24, 2.45) is 0 Å². The second-order valence-electron chi connectivity index (χ2n) is 6.13. The minimum atomic E-state index is -0.609. The molecule has 29 heavy (non-hydrogen) atoms. The molecule has 5 nitrogen and oxygen atoms in total. The zero-order chi connectivity index (χ0) is 20.8. The van der Waals surface area contributed by atoms with Crippen molar-refractivity contribution in [3.63, 3.8) is 0 Å². The van der Waals surface area contributed by atoms with Crippen LogP contribution >= 0.6 is 34.5 Å². The molecule has 0 bridgehead atoms. The Morgan fingerprint density at radius 1 is 1.10 bits per heavy atom. The number of nitrogens with zero attached hydrogens (tertiary/aromatic N) is 1. The molecule has 0 spiro atoms. The molecule has 0 atom stereocenters. The Labute approximate surface area is 180 Å². The van der Waals surface area contributed by atoms with Crippen molar-refractivity contribution < 1.29 is 14.0 Å². The highest BCUT2D eigenvalue weighted by Crippen LogP contribution is 2.20. The Kier molecular flexibility index (Phi) is 7.19. The molecule has 0 radical (unpaired) electrons. The van der Waals surface area contributed by atoms with Gasteiger partial charge in [-0.25, -0.2) is 9.37 Å². The molecule has 1 heterocycles. The van der Waals surface area contributed by atoms with Crippen LogP contribution < -0.4 is 10.6 Å². The van der Waals surface area contributed by atoms with E-state index >= 15 is 0 Å². The van der Waals surface area contributed by atoms with E-state index in [0.29, 0.717) is 33.8 Å². The maximum Gasteiger partial charge on any atom is 0.260 e. The number of benzene rings is 2. The quantitative estimate of drug-likeness (QED) is 0.544. The Bertz CT molecular complexity index is 1020. The summed E-state index contributed by atoms with van der Waals surface area (Å²) in [4.78, 5) is 28.4. The van der Waals surface area contributed by atoms with Gasteiger partial charge in [0.05, 0.1) is 17.7 Å². The molecule has 0 saturated heterocycles. The van der Waals surface area contributed by atoms with Crippen molar-refractivity contribution in [2.45, 2.75) is 12.8 Å². The number of aromatic nitrogens is 1. The summed E-state index contributed by atoms with van der Waals surface area (Å²) < 4.78 is 13.7. The van der Waals surface area contributed by atoms with Gasteiger partial charge in [-0.1, -0.05) is 35.3 Å². The first-order valence-electron chi connectivity index (χ1n) is 8.62. The van der Waals surface area contributed by atoms with E-state index in [0.717, 1.165) is 5.56 Å². The van der Waals surface area contributed by atoms with E-state index in [4.69, 9.17) is 23.2 Å². The largest absolute Gasteiger partial charge is 0.355 e. The fourth-order valence-electron chi connectivity index (χ4n) is 2.58. The standard InChI is InChI=1S/C20H16Cl2FN3O2S/c21-13-7-12(8-14(22)9-13)5-6-24-18(27)10-15-11-29-20(25-15)26-19(28)16-3-1-2-4-17(16)23/h1-4,7-9,11H,5-6,10H2,(H,24,27)(H,25,26,28). The van der Waals surface area contributed by atoms with Gasteiger partial charge in [0, 0.05) is 22.0 Å². The molecule has 0 fully saturated rings. The smallest absolute Gasteiger partial charge is 0.260 e. The molecule has 150 valence electrons. The Morgan fingerprint density at radius 2 is 1.83 bits per heavy atom. The van der Waals surface area contributed by atoms with Crippen LogP contribution in [0.1, 0.15) is 21.6 Å². The van der Waals surface area contributed by atoms with Crippen LogP contribution in [0.5, 0.6) is 0 Å². The molecule has 2 amide bonds. The summed E-state index contributed by atoms with van der Waals surface area (Å²) >= 11 is 13.1. The summed E-state index contributed by atoms with van der Waals surface area (Å²) in [7, 11) is 0. The highest BCUT2D eigenvalue weighted by molar-refractivity contribution is 7.14. The fraction of sp³-hybridized carbons (Fsp3) is 0.150. The highest BCUT2D eigenvalue weighted by atomic mass is 35.5. The summed E-state index contributed by atoms with van der Waals surface area (Å²) in [6.07, 6.45) is 0.662. The van der Waals surface area contributed by atoms with Gasteiger partial charge in [0.25, 0.3) is 5.91 Å². The maximum atomic E-state index is 13.7. The van der Waals surface area contributed by atoms with Crippen LogP contribution in [0.3, 0.4) is 0 Å². The van der Waals surface area contributed by atoms with Gasteiger partial charge in [0.15, 0.2) is 5.13 Å². The number of carbonyl (C=O) groups is 2. The number of hydrogen-bond donors (Lipinski definition) is 2. The second kappa shape index (κ2) is 9.82. The van der Waals surface area contributed by atoms with Crippen LogP contribution in [0.15, 0.2) is 47.8 Å². The zero-order valence-corrected chi connectivity index (χ0v) is 17.4. The number of carbonyl (C=O) groups excluding carboxylic acids is 2. The van der Waals surface area contributed by atoms with Crippen LogP contribution in [0.25, 0.3) is 0 Å². The first kappa shape index (κ1) is 21.2. The minimum absolute atomic E-state index is 0.0666. The minimum Gasteiger partial charge on any atom is -0.355 e. The lowest BCUT2D eigenvalue weighted by molar-refractivity contribution is -0.120. The molecule has 3 rings (SSSR count). The van der Waals surface area contributed by atoms with Crippen molar-refractivity contribution in [1.29, 1.82) is 0 Å².